The summed E-state index contributed by atoms with van der Waals surface area (Å²) in [6.45, 7) is -1.01. The fourth-order valence-corrected chi connectivity index (χ4v) is 5.39. The van der Waals surface area contributed by atoms with E-state index in [1.807, 2.05) is 29.8 Å². The monoisotopic (exact) mass is 413 g/mol. The number of rotatable bonds is 6. The van der Waals surface area contributed by atoms with Gasteiger partial charge in [0.2, 0.25) is 5.89 Å². The molecule has 6 rings (SSSR count). The molecule has 0 unspecified atom stereocenters. The topological polar surface area (TPSA) is 69.6 Å². The van der Waals surface area contributed by atoms with Gasteiger partial charge in [0.05, 0.1) is 13.1 Å². The van der Waals surface area contributed by atoms with Crippen LogP contribution in [0.4, 0.5) is 8.78 Å². The van der Waals surface area contributed by atoms with Crippen LogP contribution in [0, 0.1) is 0 Å². The van der Waals surface area contributed by atoms with E-state index in [1.54, 1.807) is 6.07 Å². The van der Waals surface area contributed by atoms with Gasteiger partial charge in [-0.25, -0.2) is 4.39 Å². The van der Waals surface area contributed by atoms with Gasteiger partial charge in [-0.2, -0.15) is 4.98 Å². The van der Waals surface area contributed by atoms with Crippen molar-refractivity contribution in [2.75, 3.05) is 6.67 Å². The predicted molar refractivity (Wildman–Crippen MR) is 106 cm³/mol. The smallest absolute Gasteiger partial charge is 0.229 e. The summed E-state index contributed by atoms with van der Waals surface area (Å²) < 4.78 is 33.4. The summed E-state index contributed by atoms with van der Waals surface area (Å²) in [5.41, 5.74) is 1.32. The molecule has 0 amide bonds. The van der Waals surface area contributed by atoms with Gasteiger partial charge in [-0.3, -0.25) is 4.39 Å². The minimum absolute atomic E-state index is 0.0298. The van der Waals surface area contributed by atoms with Crippen LogP contribution in [0.2, 0.25) is 0 Å². The van der Waals surface area contributed by atoms with Crippen molar-refractivity contribution < 1.29 is 13.3 Å². The number of aryl methyl sites for hydroxylation is 1. The Morgan fingerprint density at radius 1 is 1.00 bits per heavy atom. The number of aromatic nitrogens is 5. The second-order valence-electron chi connectivity index (χ2n) is 8.71. The van der Waals surface area contributed by atoms with Gasteiger partial charge in [0.1, 0.15) is 12.5 Å². The van der Waals surface area contributed by atoms with Gasteiger partial charge in [0, 0.05) is 23.4 Å². The molecule has 30 heavy (non-hydrogen) atoms. The fraction of sp³-hybridized carbons (Fsp3) is 0.545. The van der Waals surface area contributed by atoms with Crippen LogP contribution < -0.4 is 0 Å². The summed E-state index contributed by atoms with van der Waals surface area (Å²) in [5.74, 6) is 2.80. The standard InChI is InChI=1S/C22H25F2N5O/c1-29-18(16-5-3-2-4-15(16)14-24)26-27-20(29)22-10-7-21(8-11-22,9-12-22)19-25-17(6-13-23)30-28-19/h2-5H,6-14H2,1H3. The van der Waals surface area contributed by atoms with Crippen molar-refractivity contribution in [3.63, 3.8) is 0 Å². The van der Waals surface area contributed by atoms with Crippen molar-refractivity contribution in [2.45, 2.75) is 62.5 Å². The highest BCUT2D eigenvalue weighted by molar-refractivity contribution is 5.60. The first kappa shape index (κ1) is 19.3. The lowest BCUT2D eigenvalue weighted by atomic mass is 9.53. The molecule has 158 valence electrons. The van der Waals surface area contributed by atoms with Crippen LogP contribution in [-0.4, -0.2) is 31.6 Å². The molecule has 2 heterocycles. The van der Waals surface area contributed by atoms with Gasteiger partial charge in [-0.1, -0.05) is 29.4 Å². The molecule has 0 spiro atoms. The second-order valence-corrected chi connectivity index (χ2v) is 8.71. The molecule has 3 fully saturated rings. The van der Waals surface area contributed by atoms with Crippen LogP contribution in [0.5, 0.6) is 0 Å². The minimum Gasteiger partial charge on any atom is -0.339 e. The van der Waals surface area contributed by atoms with Gasteiger partial charge >= 0.3 is 0 Å². The molecule has 0 saturated heterocycles. The maximum absolute atomic E-state index is 13.5. The van der Waals surface area contributed by atoms with E-state index in [4.69, 9.17) is 4.52 Å². The number of fused-ring (bicyclic) bond motifs is 3. The van der Waals surface area contributed by atoms with Crippen LogP contribution in [0.15, 0.2) is 28.8 Å². The van der Waals surface area contributed by atoms with Crippen molar-refractivity contribution in [1.29, 1.82) is 0 Å². The number of alkyl halides is 2. The molecule has 8 heteroatoms. The Morgan fingerprint density at radius 2 is 1.70 bits per heavy atom. The van der Waals surface area contributed by atoms with Gasteiger partial charge < -0.3 is 9.09 Å². The lowest BCUT2D eigenvalue weighted by molar-refractivity contribution is 0.0853. The molecule has 2 bridgehead atoms. The van der Waals surface area contributed by atoms with Crippen molar-refractivity contribution in [1.82, 2.24) is 24.9 Å². The summed E-state index contributed by atoms with van der Waals surface area (Å²) in [6, 6.07) is 7.43. The molecule has 3 saturated carbocycles. The van der Waals surface area contributed by atoms with E-state index in [2.05, 4.69) is 20.3 Å². The minimum atomic E-state index is -0.527. The zero-order chi connectivity index (χ0) is 20.8. The van der Waals surface area contributed by atoms with Gasteiger partial charge in [0.25, 0.3) is 0 Å². The Morgan fingerprint density at radius 3 is 2.40 bits per heavy atom. The summed E-state index contributed by atoms with van der Waals surface area (Å²) in [5, 5.41) is 13.2. The predicted octanol–water partition coefficient (Wildman–Crippen LogP) is 4.39. The van der Waals surface area contributed by atoms with E-state index in [0.29, 0.717) is 17.3 Å². The van der Waals surface area contributed by atoms with Crippen LogP contribution in [0.1, 0.15) is 61.6 Å². The first-order valence-electron chi connectivity index (χ1n) is 10.5. The molecule has 3 aromatic rings. The Labute approximate surface area is 173 Å². The largest absolute Gasteiger partial charge is 0.339 e. The van der Waals surface area contributed by atoms with Crippen molar-refractivity contribution in [3.05, 3.63) is 47.4 Å². The van der Waals surface area contributed by atoms with Crippen LogP contribution in [0.3, 0.4) is 0 Å². The number of hydrogen-bond acceptors (Lipinski definition) is 5. The van der Waals surface area contributed by atoms with E-state index in [0.717, 1.165) is 55.7 Å². The molecule has 0 aliphatic heterocycles. The number of benzene rings is 1. The average Bonchev–Trinajstić information content (AvgIpc) is 3.43. The Balaban J connectivity index is 1.42. The van der Waals surface area contributed by atoms with Crippen LogP contribution >= 0.6 is 0 Å². The molecule has 1 aromatic carbocycles. The lowest BCUT2D eigenvalue weighted by Gasteiger charge is -2.51. The Bertz CT molecular complexity index is 1030. The summed E-state index contributed by atoms with van der Waals surface area (Å²) in [4.78, 5) is 4.48. The average molecular weight is 413 g/mol. The fourth-order valence-electron chi connectivity index (χ4n) is 5.39. The van der Waals surface area contributed by atoms with Gasteiger partial charge in [-0.05, 0) is 44.1 Å². The molecule has 0 radical (unpaired) electrons. The van der Waals surface area contributed by atoms with Crippen molar-refractivity contribution in [3.8, 4) is 11.4 Å². The van der Waals surface area contributed by atoms with Crippen LogP contribution in [-0.2, 0) is 31.0 Å². The first-order valence-corrected chi connectivity index (χ1v) is 10.5. The SMILES string of the molecule is Cn1c(-c2ccccc2CF)nnc1C12CCC(c3noc(CCF)n3)(CC1)CC2. The van der Waals surface area contributed by atoms with E-state index in [9.17, 15) is 8.78 Å². The molecular weight excluding hydrogens is 388 g/mol. The summed E-state index contributed by atoms with van der Waals surface area (Å²) in [7, 11) is 1.98. The molecule has 3 aliphatic rings. The highest BCUT2D eigenvalue weighted by Gasteiger charge is 2.54. The molecular formula is C22H25F2N5O. The van der Waals surface area contributed by atoms with E-state index >= 15 is 0 Å². The zero-order valence-electron chi connectivity index (χ0n) is 17.1. The number of nitrogens with zero attached hydrogens (tertiary/aromatic N) is 5. The second kappa shape index (κ2) is 7.25. The number of hydrogen-bond donors (Lipinski definition) is 0. The molecule has 3 aliphatic carbocycles. The summed E-state index contributed by atoms with van der Waals surface area (Å²) >= 11 is 0. The highest BCUT2D eigenvalue weighted by Crippen LogP contribution is 2.57. The lowest BCUT2D eigenvalue weighted by Crippen LogP contribution is -2.48. The maximum atomic E-state index is 13.5. The van der Waals surface area contributed by atoms with Gasteiger partial charge in [0.15, 0.2) is 11.6 Å². The summed E-state index contributed by atoms with van der Waals surface area (Å²) in [6.07, 6.45) is 5.93. The van der Waals surface area contributed by atoms with E-state index in [1.165, 1.54) is 0 Å². The molecule has 2 aromatic heterocycles. The third-order valence-corrected chi connectivity index (χ3v) is 7.25. The first-order chi connectivity index (χ1) is 14.6. The number of halogens is 2. The molecule has 0 N–H and O–H groups in total. The normalized spacial score (nSPS) is 25.7. The quantitative estimate of drug-likeness (QED) is 0.599. The van der Waals surface area contributed by atoms with Gasteiger partial charge in [-0.15, -0.1) is 10.2 Å². The van der Waals surface area contributed by atoms with E-state index < -0.39 is 13.3 Å². The maximum Gasteiger partial charge on any atom is 0.229 e. The van der Waals surface area contributed by atoms with Crippen molar-refractivity contribution >= 4 is 0 Å². The molecule has 0 atom stereocenters. The highest BCUT2D eigenvalue weighted by atomic mass is 19.1. The zero-order valence-corrected chi connectivity index (χ0v) is 17.1. The molecule has 6 nitrogen and oxygen atoms in total. The third-order valence-electron chi connectivity index (χ3n) is 7.25. The van der Waals surface area contributed by atoms with Crippen molar-refractivity contribution in [2.24, 2.45) is 7.05 Å². The third kappa shape index (κ3) is 2.87. The Kier molecular flexibility index (Phi) is 4.67. The van der Waals surface area contributed by atoms with E-state index in [-0.39, 0.29) is 17.3 Å². The van der Waals surface area contributed by atoms with Crippen LogP contribution in [0.25, 0.3) is 11.4 Å². The Hall–Kier alpha value is -2.64.